The van der Waals surface area contributed by atoms with Crippen LogP contribution in [0.4, 0.5) is 0 Å². The first-order valence-electron chi connectivity index (χ1n) is 6.32. The van der Waals surface area contributed by atoms with Crippen molar-refractivity contribution in [3.05, 3.63) is 29.8 Å². The summed E-state index contributed by atoms with van der Waals surface area (Å²) in [4.78, 5) is 16.4. The molecular weight excluding hydrogens is 228 g/mol. The molecule has 4 heteroatoms. The largest absolute Gasteiger partial charge is 0.508 e. The third kappa shape index (κ3) is 2.82. The lowest BCUT2D eigenvalue weighted by Gasteiger charge is -2.36. The van der Waals surface area contributed by atoms with E-state index in [1.807, 2.05) is 19.0 Å². The van der Waals surface area contributed by atoms with E-state index < -0.39 is 0 Å². The van der Waals surface area contributed by atoms with E-state index >= 15 is 0 Å². The maximum absolute atomic E-state index is 12.3. The smallest absolute Gasteiger partial charge is 0.254 e. The van der Waals surface area contributed by atoms with Gasteiger partial charge in [-0.25, -0.2) is 0 Å². The van der Waals surface area contributed by atoms with E-state index in [-0.39, 0.29) is 11.7 Å². The second-order valence-electron chi connectivity index (χ2n) is 5.06. The molecule has 0 aromatic heterocycles. The first kappa shape index (κ1) is 12.9. The number of phenolic OH excluding ortho intramolecular Hbond substituents is 1. The first-order valence-corrected chi connectivity index (χ1v) is 6.32. The van der Waals surface area contributed by atoms with Gasteiger partial charge in [0.1, 0.15) is 5.75 Å². The molecule has 1 aliphatic rings. The maximum atomic E-state index is 12.3. The highest BCUT2D eigenvalue weighted by atomic mass is 16.3. The number of phenols is 1. The Morgan fingerprint density at radius 1 is 1.44 bits per heavy atom. The van der Waals surface area contributed by atoms with Gasteiger partial charge in [-0.3, -0.25) is 4.79 Å². The summed E-state index contributed by atoms with van der Waals surface area (Å²) in [6.45, 7) is 1.57. The van der Waals surface area contributed by atoms with E-state index in [4.69, 9.17) is 0 Å². The number of likely N-dealkylation sites (tertiary alicyclic amines) is 1. The van der Waals surface area contributed by atoms with Crippen LogP contribution in [0.15, 0.2) is 24.3 Å². The fourth-order valence-corrected chi connectivity index (χ4v) is 2.38. The summed E-state index contributed by atoms with van der Waals surface area (Å²) in [5.41, 5.74) is 0.564. The molecule has 1 fully saturated rings. The Labute approximate surface area is 108 Å². The van der Waals surface area contributed by atoms with Crippen LogP contribution in [0, 0.1) is 0 Å². The Hall–Kier alpha value is -1.55. The van der Waals surface area contributed by atoms with Crippen LogP contribution in [0.1, 0.15) is 23.2 Å². The minimum atomic E-state index is 0.0115. The standard InChI is InChI=1S/C14H20N2O2/c1-15(2)12-6-4-8-16(10-12)14(18)11-5-3-7-13(17)9-11/h3,5,7,9,12,17H,4,6,8,10H2,1-2H3. The van der Waals surface area contributed by atoms with Gasteiger partial charge >= 0.3 is 0 Å². The summed E-state index contributed by atoms with van der Waals surface area (Å²) >= 11 is 0. The molecular formula is C14H20N2O2. The molecule has 0 spiro atoms. The number of hydrogen-bond donors (Lipinski definition) is 1. The first-order chi connectivity index (χ1) is 8.58. The molecule has 1 unspecified atom stereocenters. The van der Waals surface area contributed by atoms with Gasteiger partial charge in [-0.1, -0.05) is 6.07 Å². The van der Waals surface area contributed by atoms with Crippen molar-refractivity contribution in [2.75, 3.05) is 27.2 Å². The van der Waals surface area contributed by atoms with Crippen LogP contribution in [0.2, 0.25) is 0 Å². The topological polar surface area (TPSA) is 43.8 Å². The Morgan fingerprint density at radius 2 is 2.22 bits per heavy atom. The Balaban J connectivity index is 2.09. The van der Waals surface area contributed by atoms with E-state index in [0.717, 1.165) is 25.9 Å². The van der Waals surface area contributed by atoms with E-state index in [2.05, 4.69) is 4.90 Å². The number of carbonyl (C=O) groups excluding carboxylic acids is 1. The van der Waals surface area contributed by atoms with Crippen molar-refractivity contribution in [1.82, 2.24) is 9.80 Å². The molecule has 1 saturated heterocycles. The number of rotatable bonds is 2. The van der Waals surface area contributed by atoms with Gasteiger partial charge in [0.25, 0.3) is 5.91 Å². The van der Waals surface area contributed by atoms with Crippen LogP contribution in [0.5, 0.6) is 5.75 Å². The van der Waals surface area contributed by atoms with Gasteiger partial charge in [0, 0.05) is 24.7 Å². The number of nitrogens with zero attached hydrogens (tertiary/aromatic N) is 2. The van der Waals surface area contributed by atoms with Gasteiger partial charge < -0.3 is 14.9 Å². The summed E-state index contributed by atoms with van der Waals surface area (Å²) in [7, 11) is 4.10. The van der Waals surface area contributed by atoms with Crippen LogP contribution < -0.4 is 0 Å². The average Bonchev–Trinajstić information content (AvgIpc) is 2.38. The lowest BCUT2D eigenvalue weighted by molar-refractivity contribution is 0.0634. The highest BCUT2D eigenvalue weighted by molar-refractivity contribution is 5.94. The monoisotopic (exact) mass is 248 g/mol. The predicted octanol–water partition coefficient (Wildman–Crippen LogP) is 1.56. The zero-order chi connectivity index (χ0) is 13.1. The van der Waals surface area contributed by atoms with Gasteiger partial charge in [-0.05, 0) is 45.1 Å². The van der Waals surface area contributed by atoms with Crippen LogP contribution >= 0.6 is 0 Å². The van der Waals surface area contributed by atoms with Crippen molar-refractivity contribution < 1.29 is 9.90 Å². The van der Waals surface area contributed by atoms with Crippen LogP contribution in [-0.4, -0.2) is 54.0 Å². The lowest BCUT2D eigenvalue weighted by atomic mass is 10.0. The van der Waals surface area contributed by atoms with Crippen molar-refractivity contribution in [2.24, 2.45) is 0 Å². The summed E-state index contributed by atoms with van der Waals surface area (Å²) in [5, 5.41) is 9.42. The average molecular weight is 248 g/mol. The fourth-order valence-electron chi connectivity index (χ4n) is 2.38. The second-order valence-corrected chi connectivity index (χ2v) is 5.06. The Kier molecular flexibility index (Phi) is 3.87. The minimum absolute atomic E-state index is 0.0115. The molecule has 1 aliphatic heterocycles. The number of aromatic hydroxyl groups is 1. The molecule has 1 amide bonds. The molecule has 1 aromatic carbocycles. The third-order valence-corrected chi connectivity index (χ3v) is 3.51. The van der Waals surface area contributed by atoms with E-state index in [1.165, 1.54) is 6.07 Å². The van der Waals surface area contributed by atoms with E-state index in [1.54, 1.807) is 18.2 Å². The zero-order valence-corrected chi connectivity index (χ0v) is 11.0. The quantitative estimate of drug-likeness (QED) is 0.863. The van der Waals surface area contributed by atoms with Gasteiger partial charge in [0.2, 0.25) is 0 Å². The molecule has 0 bridgehead atoms. The molecule has 2 rings (SSSR count). The molecule has 0 radical (unpaired) electrons. The van der Waals surface area contributed by atoms with E-state index in [0.29, 0.717) is 11.6 Å². The summed E-state index contributed by atoms with van der Waals surface area (Å²) < 4.78 is 0. The molecule has 4 nitrogen and oxygen atoms in total. The molecule has 0 saturated carbocycles. The van der Waals surface area contributed by atoms with Crippen molar-refractivity contribution >= 4 is 5.91 Å². The molecule has 1 aromatic rings. The molecule has 1 atom stereocenters. The highest BCUT2D eigenvalue weighted by Gasteiger charge is 2.25. The zero-order valence-electron chi connectivity index (χ0n) is 11.0. The summed E-state index contributed by atoms with van der Waals surface area (Å²) in [5.74, 6) is 0.152. The molecule has 1 N–H and O–H groups in total. The molecule has 0 aliphatic carbocycles. The number of carbonyl (C=O) groups is 1. The summed E-state index contributed by atoms with van der Waals surface area (Å²) in [6.07, 6.45) is 2.17. The molecule has 1 heterocycles. The number of amides is 1. The normalized spacial score (nSPS) is 20.2. The van der Waals surface area contributed by atoms with E-state index in [9.17, 15) is 9.90 Å². The predicted molar refractivity (Wildman–Crippen MR) is 70.7 cm³/mol. The number of piperidine rings is 1. The molecule has 98 valence electrons. The number of hydrogen-bond acceptors (Lipinski definition) is 3. The lowest BCUT2D eigenvalue weighted by Crippen LogP contribution is -2.47. The van der Waals surface area contributed by atoms with Crippen molar-refractivity contribution in [3.8, 4) is 5.75 Å². The number of benzene rings is 1. The number of likely N-dealkylation sites (N-methyl/N-ethyl adjacent to an activating group) is 1. The molecule has 18 heavy (non-hydrogen) atoms. The fraction of sp³-hybridized carbons (Fsp3) is 0.500. The second kappa shape index (κ2) is 5.40. The maximum Gasteiger partial charge on any atom is 0.254 e. The van der Waals surface area contributed by atoms with Crippen LogP contribution in [0.25, 0.3) is 0 Å². The SMILES string of the molecule is CN(C)C1CCCN(C(=O)c2cccc(O)c2)C1. The van der Waals surface area contributed by atoms with Gasteiger partial charge in [-0.2, -0.15) is 0 Å². The van der Waals surface area contributed by atoms with Crippen molar-refractivity contribution in [3.63, 3.8) is 0 Å². The highest BCUT2D eigenvalue weighted by Crippen LogP contribution is 2.18. The van der Waals surface area contributed by atoms with Gasteiger partial charge in [-0.15, -0.1) is 0 Å². The van der Waals surface area contributed by atoms with Crippen molar-refractivity contribution in [2.45, 2.75) is 18.9 Å². The van der Waals surface area contributed by atoms with Gasteiger partial charge in [0.05, 0.1) is 0 Å². The van der Waals surface area contributed by atoms with Crippen LogP contribution in [0.3, 0.4) is 0 Å². The van der Waals surface area contributed by atoms with Crippen LogP contribution in [-0.2, 0) is 0 Å². The van der Waals surface area contributed by atoms with Crippen molar-refractivity contribution in [1.29, 1.82) is 0 Å². The van der Waals surface area contributed by atoms with Gasteiger partial charge in [0.15, 0.2) is 0 Å². The minimum Gasteiger partial charge on any atom is -0.508 e. The Morgan fingerprint density at radius 3 is 2.89 bits per heavy atom. The third-order valence-electron chi connectivity index (χ3n) is 3.51. The summed E-state index contributed by atoms with van der Waals surface area (Å²) in [6, 6.07) is 6.99. The Bertz CT molecular complexity index is 432.